The van der Waals surface area contributed by atoms with Gasteiger partial charge in [0.05, 0.1) is 0 Å². The maximum absolute atomic E-state index is 12.6. The van der Waals surface area contributed by atoms with E-state index in [1.54, 1.807) is 0 Å². The summed E-state index contributed by atoms with van der Waals surface area (Å²) in [7, 11) is 2.30. The predicted octanol–water partition coefficient (Wildman–Crippen LogP) is 4.14. The van der Waals surface area contributed by atoms with Gasteiger partial charge in [-0.3, -0.25) is 9.69 Å². The van der Waals surface area contributed by atoms with Gasteiger partial charge in [-0.25, -0.2) is 0 Å². The van der Waals surface area contributed by atoms with Gasteiger partial charge in [0.25, 0.3) is 0 Å². The van der Waals surface area contributed by atoms with Gasteiger partial charge in [-0.1, -0.05) is 13.0 Å². The zero-order valence-electron chi connectivity index (χ0n) is 15.0. The lowest BCUT2D eigenvalue weighted by Crippen LogP contribution is -2.59. The standard InChI is InChI=1S/C20H30N2OS/c1-15-17-7-3-8-19(23)22-12-5-10-20(17,22)11-9-18(15)21(2)14-16-6-4-13-24-16/h4,6,13,15,17-18H,3,5,7-12,14H2,1-2H3/t15-,17+,18+,20-/m1/s1. The molecular weight excluding hydrogens is 316 g/mol. The lowest BCUT2D eigenvalue weighted by atomic mass is 9.63. The molecule has 3 fully saturated rings. The first-order valence-electron chi connectivity index (χ1n) is 9.65. The van der Waals surface area contributed by atoms with E-state index < -0.39 is 0 Å². The second kappa shape index (κ2) is 6.45. The third-order valence-electron chi connectivity index (χ3n) is 7.09. The third-order valence-corrected chi connectivity index (χ3v) is 7.95. The smallest absolute Gasteiger partial charge is 0.223 e. The molecule has 1 amide bonds. The minimum absolute atomic E-state index is 0.202. The highest BCUT2D eigenvalue weighted by atomic mass is 32.1. The van der Waals surface area contributed by atoms with Crippen LogP contribution in [0.25, 0.3) is 0 Å². The molecule has 0 aromatic carbocycles. The van der Waals surface area contributed by atoms with Crippen LogP contribution in [0.4, 0.5) is 0 Å². The minimum atomic E-state index is 0.202. The Morgan fingerprint density at radius 1 is 1.33 bits per heavy atom. The van der Waals surface area contributed by atoms with Crippen LogP contribution in [0.5, 0.6) is 0 Å². The normalized spacial score (nSPS) is 36.5. The number of hydrogen-bond donors (Lipinski definition) is 0. The van der Waals surface area contributed by atoms with Crippen molar-refractivity contribution in [3.05, 3.63) is 22.4 Å². The predicted molar refractivity (Wildman–Crippen MR) is 99.0 cm³/mol. The average molecular weight is 347 g/mol. The number of nitrogens with zero attached hydrogens (tertiary/aromatic N) is 2. The van der Waals surface area contributed by atoms with E-state index in [0.29, 0.717) is 23.8 Å². The average Bonchev–Trinajstić information content (AvgIpc) is 3.18. The van der Waals surface area contributed by atoms with Gasteiger partial charge in [0.15, 0.2) is 0 Å². The molecule has 1 aromatic heterocycles. The Balaban J connectivity index is 1.55. The van der Waals surface area contributed by atoms with Crippen LogP contribution in [0.2, 0.25) is 0 Å². The lowest BCUT2D eigenvalue weighted by molar-refractivity contribution is -0.139. The first-order chi connectivity index (χ1) is 11.6. The molecule has 1 aromatic rings. The topological polar surface area (TPSA) is 23.6 Å². The highest BCUT2D eigenvalue weighted by Gasteiger charge is 2.55. The number of amides is 1. The Bertz CT molecular complexity index is 586. The van der Waals surface area contributed by atoms with Crippen molar-refractivity contribution >= 4 is 17.2 Å². The van der Waals surface area contributed by atoms with E-state index in [4.69, 9.17) is 0 Å². The van der Waals surface area contributed by atoms with Crippen LogP contribution in [0.1, 0.15) is 56.7 Å². The Labute approximate surface area is 150 Å². The molecule has 2 saturated heterocycles. The molecule has 0 bridgehead atoms. The minimum Gasteiger partial charge on any atom is -0.337 e. The lowest BCUT2D eigenvalue weighted by Gasteiger charge is -2.53. The molecule has 24 heavy (non-hydrogen) atoms. The maximum Gasteiger partial charge on any atom is 0.223 e. The summed E-state index contributed by atoms with van der Waals surface area (Å²) >= 11 is 1.86. The number of carbonyl (C=O) groups excluding carboxylic acids is 1. The van der Waals surface area contributed by atoms with Crippen LogP contribution in [-0.4, -0.2) is 40.9 Å². The molecule has 0 unspecified atom stereocenters. The molecule has 0 radical (unpaired) electrons. The van der Waals surface area contributed by atoms with Crippen LogP contribution in [0, 0.1) is 11.8 Å². The summed E-state index contributed by atoms with van der Waals surface area (Å²) in [5, 5.41) is 2.18. The molecule has 3 heterocycles. The van der Waals surface area contributed by atoms with E-state index in [-0.39, 0.29) is 5.54 Å². The monoisotopic (exact) mass is 346 g/mol. The highest BCUT2D eigenvalue weighted by Crippen LogP contribution is 2.52. The molecule has 132 valence electrons. The fourth-order valence-electron chi connectivity index (χ4n) is 6.05. The van der Waals surface area contributed by atoms with Gasteiger partial charge in [-0.05, 0) is 68.9 Å². The number of carbonyl (C=O) groups is 1. The molecule has 3 aliphatic rings. The fourth-order valence-corrected chi connectivity index (χ4v) is 6.82. The van der Waals surface area contributed by atoms with Crippen LogP contribution >= 0.6 is 11.3 Å². The maximum atomic E-state index is 12.6. The van der Waals surface area contributed by atoms with Crippen molar-refractivity contribution in [2.75, 3.05) is 13.6 Å². The van der Waals surface area contributed by atoms with Gasteiger partial charge < -0.3 is 4.90 Å². The van der Waals surface area contributed by atoms with E-state index >= 15 is 0 Å². The Morgan fingerprint density at radius 2 is 2.21 bits per heavy atom. The summed E-state index contributed by atoms with van der Waals surface area (Å²) in [4.78, 5) is 19.0. The van der Waals surface area contributed by atoms with E-state index in [1.165, 1.54) is 37.0 Å². The van der Waals surface area contributed by atoms with Crippen LogP contribution in [0.3, 0.4) is 0 Å². The summed E-state index contributed by atoms with van der Waals surface area (Å²) < 4.78 is 0. The van der Waals surface area contributed by atoms with Crippen molar-refractivity contribution in [3.63, 3.8) is 0 Å². The summed E-state index contributed by atoms with van der Waals surface area (Å²) in [6.07, 6.45) is 8.02. The van der Waals surface area contributed by atoms with Gasteiger partial charge in [0.1, 0.15) is 0 Å². The molecular formula is C20H30N2OS. The van der Waals surface area contributed by atoms with Gasteiger partial charge in [-0.2, -0.15) is 0 Å². The zero-order valence-corrected chi connectivity index (χ0v) is 15.9. The summed E-state index contributed by atoms with van der Waals surface area (Å²) in [6, 6.07) is 5.05. The van der Waals surface area contributed by atoms with E-state index in [0.717, 1.165) is 25.9 Å². The van der Waals surface area contributed by atoms with Crippen LogP contribution in [-0.2, 0) is 11.3 Å². The number of hydrogen-bond acceptors (Lipinski definition) is 3. The Kier molecular flexibility index (Phi) is 4.46. The quantitative estimate of drug-likeness (QED) is 0.821. The summed E-state index contributed by atoms with van der Waals surface area (Å²) in [6.45, 7) is 4.54. The largest absolute Gasteiger partial charge is 0.337 e. The van der Waals surface area contributed by atoms with Crippen LogP contribution < -0.4 is 0 Å². The summed E-state index contributed by atoms with van der Waals surface area (Å²) in [5.41, 5.74) is 0.202. The van der Waals surface area contributed by atoms with E-state index in [2.05, 4.69) is 41.3 Å². The number of rotatable bonds is 3. The molecule has 4 rings (SSSR count). The van der Waals surface area contributed by atoms with Crippen molar-refractivity contribution < 1.29 is 4.79 Å². The highest BCUT2D eigenvalue weighted by molar-refractivity contribution is 7.09. The fraction of sp³-hybridized carbons (Fsp3) is 0.750. The molecule has 4 heteroatoms. The Morgan fingerprint density at radius 3 is 3.00 bits per heavy atom. The molecule has 1 aliphatic carbocycles. The number of thiophene rings is 1. The summed E-state index contributed by atoms with van der Waals surface area (Å²) in [5.74, 6) is 1.80. The molecule has 4 atom stereocenters. The molecule has 2 aliphatic heterocycles. The van der Waals surface area contributed by atoms with Gasteiger partial charge >= 0.3 is 0 Å². The van der Waals surface area contributed by atoms with Gasteiger partial charge in [0, 0.05) is 36.0 Å². The Hall–Kier alpha value is -0.870. The van der Waals surface area contributed by atoms with Crippen molar-refractivity contribution in [1.82, 2.24) is 9.80 Å². The molecule has 3 nitrogen and oxygen atoms in total. The van der Waals surface area contributed by atoms with Gasteiger partial charge in [0.2, 0.25) is 5.91 Å². The van der Waals surface area contributed by atoms with Gasteiger partial charge in [-0.15, -0.1) is 11.3 Å². The van der Waals surface area contributed by atoms with Crippen molar-refractivity contribution in [2.45, 2.75) is 70.0 Å². The van der Waals surface area contributed by atoms with E-state index in [9.17, 15) is 4.79 Å². The third kappa shape index (κ3) is 2.62. The van der Waals surface area contributed by atoms with Crippen molar-refractivity contribution in [2.24, 2.45) is 11.8 Å². The molecule has 1 saturated carbocycles. The SMILES string of the molecule is C[C@H]1[C@@H](N(C)Cc2cccs2)CC[C@@]23CCCN2C(=O)CCC[C@@H]13. The second-order valence-corrected chi connectivity index (χ2v) is 9.24. The first-order valence-corrected chi connectivity index (χ1v) is 10.5. The van der Waals surface area contributed by atoms with E-state index in [1.807, 2.05) is 11.3 Å². The molecule has 1 spiro atoms. The van der Waals surface area contributed by atoms with Crippen molar-refractivity contribution in [1.29, 1.82) is 0 Å². The zero-order chi connectivity index (χ0) is 16.7. The van der Waals surface area contributed by atoms with Crippen LogP contribution in [0.15, 0.2) is 17.5 Å². The molecule has 0 N–H and O–H groups in total. The van der Waals surface area contributed by atoms with Crippen molar-refractivity contribution in [3.8, 4) is 0 Å². The first kappa shape index (κ1) is 16.6. The second-order valence-electron chi connectivity index (χ2n) is 8.21.